The molecule has 0 aromatic heterocycles. The third-order valence-electron chi connectivity index (χ3n) is 5.06. The number of sulfone groups is 1. The summed E-state index contributed by atoms with van der Waals surface area (Å²) in [6, 6.07) is 20.0. The molecule has 30 heavy (non-hydrogen) atoms. The van der Waals surface area contributed by atoms with E-state index in [2.05, 4.69) is 0 Å². The normalized spacial score (nSPS) is 14.3. The highest BCUT2D eigenvalue weighted by Crippen LogP contribution is 2.33. The minimum Gasteiger partial charge on any atom is -0.367 e. The number of carbonyl (C=O) groups is 1. The van der Waals surface area contributed by atoms with Crippen molar-refractivity contribution < 1.29 is 17.9 Å². The van der Waals surface area contributed by atoms with E-state index in [0.29, 0.717) is 18.2 Å². The summed E-state index contributed by atoms with van der Waals surface area (Å²) in [6.07, 6.45) is 1.18. The standard InChI is InChI=1S/C23H20ClNO4S/c1-30(27,28)20-10-8-16(9-11-20)17-6-7-19-14-29-15-23(26)25(22(19)12-17)13-18-4-2-3-5-21(18)24/h2-12H,13-15H2,1H3. The van der Waals surface area contributed by atoms with Crippen LogP contribution >= 0.6 is 11.6 Å². The van der Waals surface area contributed by atoms with Gasteiger partial charge in [0, 0.05) is 16.8 Å². The molecule has 0 saturated carbocycles. The lowest BCUT2D eigenvalue weighted by Crippen LogP contribution is -2.32. The zero-order valence-corrected chi connectivity index (χ0v) is 17.9. The number of halogens is 1. The van der Waals surface area contributed by atoms with Crippen molar-refractivity contribution in [3.8, 4) is 11.1 Å². The van der Waals surface area contributed by atoms with Crippen molar-refractivity contribution in [2.24, 2.45) is 0 Å². The maximum absolute atomic E-state index is 12.8. The second-order valence-corrected chi connectivity index (χ2v) is 9.63. The van der Waals surface area contributed by atoms with E-state index in [1.807, 2.05) is 36.4 Å². The Kier molecular flexibility index (Phi) is 5.64. The van der Waals surface area contributed by atoms with Crippen molar-refractivity contribution in [3.63, 3.8) is 0 Å². The van der Waals surface area contributed by atoms with Crippen molar-refractivity contribution in [1.29, 1.82) is 0 Å². The fourth-order valence-electron chi connectivity index (χ4n) is 3.44. The van der Waals surface area contributed by atoms with Gasteiger partial charge >= 0.3 is 0 Å². The highest BCUT2D eigenvalue weighted by molar-refractivity contribution is 7.90. The van der Waals surface area contributed by atoms with Gasteiger partial charge in [0.25, 0.3) is 5.91 Å². The zero-order chi connectivity index (χ0) is 21.3. The molecule has 1 heterocycles. The zero-order valence-electron chi connectivity index (χ0n) is 16.3. The van der Waals surface area contributed by atoms with Crippen LogP contribution < -0.4 is 4.90 Å². The van der Waals surface area contributed by atoms with Gasteiger partial charge in [0.1, 0.15) is 6.61 Å². The first-order chi connectivity index (χ1) is 14.3. The Bertz CT molecular complexity index is 1210. The molecule has 3 aromatic rings. The molecule has 1 aliphatic heterocycles. The average molecular weight is 442 g/mol. The Morgan fingerprint density at radius 3 is 2.37 bits per heavy atom. The topological polar surface area (TPSA) is 63.7 Å². The average Bonchev–Trinajstić information content (AvgIpc) is 2.87. The fraction of sp³-hybridized carbons (Fsp3) is 0.174. The molecule has 1 aliphatic rings. The number of amides is 1. The third kappa shape index (κ3) is 4.26. The van der Waals surface area contributed by atoms with Crippen LogP contribution in [0.3, 0.4) is 0 Å². The quantitative estimate of drug-likeness (QED) is 0.599. The number of nitrogens with zero attached hydrogens (tertiary/aromatic N) is 1. The first-order valence-electron chi connectivity index (χ1n) is 9.38. The van der Waals surface area contributed by atoms with Gasteiger partial charge in [0.2, 0.25) is 0 Å². The molecule has 7 heteroatoms. The number of anilines is 1. The summed E-state index contributed by atoms with van der Waals surface area (Å²) in [5.74, 6) is -0.141. The van der Waals surface area contributed by atoms with E-state index in [1.54, 1.807) is 35.2 Å². The number of carbonyl (C=O) groups excluding carboxylic acids is 1. The van der Waals surface area contributed by atoms with E-state index < -0.39 is 9.84 Å². The smallest absolute Gasteiger partial charge is 0.253 e. The van der Waals surface area contributed by atoms with Crippen molar-refractivity contribution in [2.45, 2.75) is 18.0 Å². The van der Waals surface area contributed by atoms with E-state index in [4.69, 9.17) is 16.3 Å². The van der Waals surface area contributed by atoms with E-state index in [9.17, 15) is 13.2 Å². The molecule has 3 aromatic carbocycles. The highest BCUT2D eigenvalue weighted by atomic mass is 35.5. The van der Waals surface area contributed by atoms with Gasteiger partial charge in [-0.2, -0.15) is 0 Å². The monoisotopic (exact) mass is 441 g/mol. The minimum atomic E-state index is -3.26. The lowest BCUT2D eigenvalue weighted by molar-refractivity contribution is -0.123. The van der Waals surface area contributed by atoms with Gasteiger partial charge in [-0.15, -0.1) is 0 Å². The van der Waals surface area contributed by atoms with Crippen molar-refractivity contribution in [1.82, 2.24) is 0 Å². The molecular formula is C23H20ClNO4S. The van der Waals surface area contributed by atoms with Crippen LogP contribution in [0.4, 0.5) is 5.69 Å². The van der Waals surface area contributed by atoms with Crippen LogP contribution in [0.2, 0.25) is 5.02 Å². The predicted octanol–water partition coefficient (Wildman–Crippen LogP) is 4.47. The minimum absolute atomic E-state index is 0.00246. The van der Waals surface area contributed by atoms with Gasteiger partial charge < -0.3 is 9.64 Å². The summed E-state index contributed by atoms with van der Waals surface area (Å²) in [4.78, 5) is 14.7. The molecule has 0 aliphatic carbocycles. The molecule has 4 rings (SSSR count). The molecule has 0 atom stereocenters. The molecule has 1 amide bonds. The summed E-state index contributed by atoms with van der Waals surface area (Å²) in [7, 11) is -3.26. The SMILES string of the molecule is CS(=O)(=O)c1ccc(-c2ccc3c(c2)N(Cc2ccccc2Cl)C(=O)COC3)cc1. The number of ether oxygens (including phenoxy) is 1. The van der Waals surface area contributed by atoms with Crippen LogP contribution in [0.25, 0.3) is 11.1 Å². The Labute approximate surface area is 180 Å². The Balaban J connectivity index is 1.74. The number of hydrogen-bond acceptors (Lipinski definition) is 4. The Morgan fingerprint density at radius 1 is 0.967 bits per heavy atom. The van der Waals surface area contributed by atoms with Gasteiger partial charge in [0.15, 0.2) is 9.84 Å². The van der Waals surface area contributed by atoms with Crippen LogP contribution in [0.1, 0.15) is 11.1 Å². The van der Waals surface area contributed by atoms with E-state index in [0.717, 1.165) is 27.9 Å². The van der Waals surface area contributed by atoms with Crippen LogP contribution in [-0.4, -0.2) is 27.2 Å². The molecule has 0 bridgehead atoms. The summed E-state index contributed by atoms with van der Waals surface area (Å²) >= 11 is 6.32. The molecule has 0 fully saturated rings. The molecule has 0 saturated heterocycles. The largest absolute Gasteiger partial charge is 0.367 e. The van der Waals surface area contributed by atoms with Gasteiger partial charge in [0.05, 0.1) is 23.7 Å². The van der Waals surface area contributed by atoms with Crippen LogP contribution in [-0.2, 0) is 32.5 Å². The van der Waals surface area contributed by atoms with Gasteiger partial charge in [-0.05, 0) is 41.0 Å². The summed E-state index contributed by atoms with van der Waals surface area (Å²) in [5.41, 5.74) is 4.27. The molecule has 154 valence electrons. The van der Waals surface area contributed by atoms with Gasteiger partial charge in [-0.1, -0.05) is 54.1 Å². The summed E-state index contributed by atoms with van der Waals surface area (Å²) in [5, 5.41) is 0.601. The number of rotatable bonds is 4. The maximum atomic E-state index is 12.8. The van der Waals surface area contributed by atoms with Crippen molar-refractivity contribution in [3.05, 3.63) is 82.9 Å². The number of benzene rings is 3. The van der Waals surface area contributed by atoms with Crippen molar-refractivity contribution >= 4 is 33.0 Å². The molecule has 0 N–H and O–H groups in total. The predicted molar refractivity (Wildman–Crippen MR) is 117 cm³/mol. The van der Waals surface area contributed by atoms with Gasteiger partial charge in [-0.3, -0.25) is 4.79 Å². The van der Waals surface area contributed by atoms with E-state index in [-0.39, 0.29) is 17.4 Å². The summed E-state index contributed by atoms with van der Waals surface area (Å²) < 4.78 is 29.0. The van der Waals surface area contributed by atoms with Crippen LogP contribution in [0.5, 0.6) is 0 Å². The summed E-state index contributed by atoms with van der Waals surface area (Å²) in [6.45, 7) is 0.677. The lowest BCUT2D eigenvalue weighted by atomic mass is 10.0. The van der Waals surface area contributed by atoms with Crippen LogP contribution in [0.15, 0.2) is 71.6 Å². The van der Waals surface area contributed by atoms with Crippen molar-refractivity contribution in [2.75, 3.05) is 17.8 Å². The van der Waals surface area contributed by atoms with E-state index >= 15 is 0 Å². The second kappa shape index (κ2) is 8.22. The molecule has 0 unspecified atom stereocenters. The number of hydrogen-bond donors (Lipinski definition) is 0. The Morgan fingerprint density at radius 2 is 1.67 bits per heavy atom. The highest BCUT2D eigenvalue weighted by Gasteiger charge is 2.24. The maximum Gasteiger partial charge on any atom is 0.253 e. The molecular weight excluding hydrogens is 422 g/mol. The lowest BCUT2D eigenvalue weighted by Gasteiger charge is -2.24. The number of fused-ring (bicyclic) bond motifs is 1. The Hall–Kier alpha value is -2.67. The van der Waals surface area contributed by atoms with Crippen LogP contribution in [0, 0.1) is 0 Å². The fourth-order valence-corrected chi connectivity index (χ4v) is 4.27. The third-order valence-corrected chi connectivity index (χ3v) is 6.56. The first kappa shape index (κ1) is 20.6. The molecule has 5 nitrogen and oxygen atoms in total. The van der Waals surface area contributed by atoms with E-state index in [1.165, 1.54) is 6.26 Å². The molecule has 0 spiro atoms. The second-order valence-electron chi connectivity index (χ2n) is 7.20. The molecule has 0 radical (unpaired) electrons. The van der Waals surface area contributed by atoms with Gasteiger partial charge in [-0.25, -0.2) is 8.42 Å². The first-order valence-corrected chi connectivity index (χ1v) is 11.6.